The highest BCUT2D eigenvalue weighted by molar-refractivity contribution is 7.86. The molecule has 0 aliphatic heterocycles. The standard InChI is InChI=1S/C17H16ClN5O3S/c1-10-2-4-11(5-3-10)8-15-21-16(18)23-17(22-15)20-12-6-7-14(13(19)9-12)27(24,25)26/h2-7,9H,8,19H2,1H3,(H,24,25,26)(H,20,21,22,23). The van der Waals surface area contributed by atoms with Gasteiger partial charge in [0.05, 0.1) is 5.69 Å². The highest BCUT2D eigenvalue weighted by atomic mass is 35.5. The lowest BCUT2D eigenvalue weighted by Crippen LogP contribution is -2.06. The van der Waals surface area contributed by atoms with Crippen molar-refractivity contribution in [3.05, 3.63) is 64.7 Å². The van der Waals surface area contributed by atoms with Gasteiger partial charge in [-0.25, -0.2) is 4.98 Å². The molecule has 4 N–H and O–H groups in total. The van der Waals surface area contributed by atoms with Gasteiger partial charge in [-0.15, -0.1) is 0 Å². The van der Waals surface area contributed by atoms with Gasteiger partial charge >= 0.3 is 0 Å². The first-order valence-electron chi connectivity index (χ1n) is 7.81. The van der Waals surface area contributed by atoms with Crippen molar-refractivity contribution in [1.29, 1.82) is 0 Å². The molecule has 3 rings (SSSR count). The zero-order chi connectivity index (χ0) is 19.6. The van der Waals surface area contributed by atoms with E-state index in [4.69, 9.17) is 21.9 Å². The van der Waals surface area contributed by atoms with Gasteiger partial charge in [0, 0.05) is 12.1 Å². The first-order valence-corrected chi connectivity index (χ1v) is 9.62. The first kappa shape index (κ1) is 19.0. The van der Waals surface area contributed by atoms with Crippen LogP contribution < -0.4 is 11.1 Å². The minimum absolute atomic E-state index is 0.0251. The number of aromatic nitrogens is 3. The van der Waals surface area contributed by atoms with E-state index in [0.717, 1.165) is 11.1 Å². The molecule has 0 unspecified atom stereocenters. The Morgan fingerprint density at radius 2 is 1.81 bits per heavy atom. The van der Waals surface area contributed by atoms with Crippen LogP contribution in [0.2, 0.25) is 5.28 Å². The molecule has 0 radical (unpaired) electrons. The molecular weight excluding hydrogens is 390 g/mol. The summed E-state index contributed by atoms with van der Waals surface area (Å²) < 4.78 is 31.5. The number of nitrogens with two attached hydrogens (primary N) is 1. The Morgan fingerprint density at radius 3 is 2.44 bits per heavy atom. The second-order valence-corrected chi connectivity index (χ2v) is 7.59. The SMILES string of the molecule is Cc1ccc(Cc2nc(Cl)nc(Nc3ccc(S(=O)(=O)O)c(N)c3)n2)cc1. The molecule has 10 heteroatoms. The largest absolute Gasteiger partial charge is 0.398 e. The highest BCUT2D eigenvalue weighted by Crippen LogP contribution is 2.24. The zero-order valence-electron chi connectivity index (χ0n) is 14.2. The Morgan fingerprint density at radius 1 is 1.11 bits per heavy atom. The summed E-state index contributed by atoms with van der Waals surface area (Å²) >= 11 is 5.98. The van der Waals surface area contributed by atoms with Crippen molar-refractivity contribution in [1.82, 2.24) is 15.0 Å². The van der Waals surface area contributed by atoms with Crippen molar-refractivity contribution >= 4 is 39.0 Å². The van der Waals surface area contributed by atoms with E-state index < -0.39 is 10.1 Å². The molecule has 0 spiro atoms. The molecule has 0 atom stereocenters. The molecule has 2 aromatic carbocycles. The van der Waals surface area contributed by atoms with E-state index >= 15 is 0 Å². The van der Waals surface area contributed by atoms with E-state index in [-0.39, 0.29) is 21.8 Å². The van der Waals surface area contributed by atoms with Gasteiger partial charge in [-0.3, -0.25) is 4.55 Å². The topological polar surface area (TPSA) is 131 Å². The molecule has 0 saturated carbocycles. The molecule has 1 heterocycles. The number of nitrogens with zero attached hydrogens (tertiary/aromatic N) is 3. The van der Waals surface area contributed by atoms with Gasteiger partial charge in [-0.1, -0.05) is 29.8 Å². The Hall–Kier alpha value is -2.75. The first-order chi connectivity index (χ1) is 12.7. The van der Waals surface area contributed by atoms with Crippen LogP contribution in [0.25, 0.3) is 0 Å². The third-order valence-electron chi connectivity index (χ3n) is 3.68. The number of hydrogen-bond donors (Lipinski definition) is 3. The average molecular weight is 406 g/mol. The van der Waals surface area contributed by atoms with Crippen LogP contribution in [-0.4, -0.2) is 27.9 Å². The fourth-order valence-electron chi connectivity index (χ4n) is 2.40. The number of hydrogen-bond acceptors (Lipinski definition) is 7. The Labute approximate surface area is 161 Å². The number of nitrogens with one attached hydrogen (secondary N) is 1. The van der Waals surface area contributed by atoms with Crippen LogP contribution in [0.1, 0.15) is 17.0 Å². The molecular formula is C17H16ClN5O3S. The van der Waals surface area contributed by atoms with Crippen molar-refractivity contribution < 1.29 is 13.0 Å². The zero-order valence-corrected chi connectivity index (χ0v) is 15.8. The van der Waals surface area contributed by atoms with Crippen LogP contribution in [0.3, 0.4) is 0 Å². The summed E-state index contributed by atoms with van der Waals surface area (Å²) in [5.41, 5.74) is 8.18. The molecule has 0 fully saturated rings. The average Bonchev–Trinajstić information content (AvgIpc) is 2.55. The predicted molar refractivity (Wildman–Crippen MR) is 103 cm³/mol. The molecule has 27 heavy (non-hydrogen) atoms. The lowest BCUT2D eigenvalue weighted by atomic mass is 10.1. The summed E-state index contributed by atoms with van der Waals surface area (Å²) in [5.74, 6) is 0.667. The van der Waals surface area contributed by atoms with Gasteiger partial charge in [-0.2, -0.15) is 18.4 Å². The van der Waals surface area contributed by atoms with E-state index in [2.05, 4.69) is 20.3 Å². The maximum atomic E-state index is 11.2. The van der Waals surface area contributed by atoms with E-state index in [0.29, 0.717) is 17.9 Å². The van der Waals surface area contributed by atoms with E-state index in [1.54, 1.807) is 0 Å². The Kier molecular flexibility index (Phi) is 5.26. The molecule has 0 saturated heterocycles. The van der Waals surface area contributed by atoms with Crippen LogP contribution in [0.15, 0.2) is 47.4 Å². The second kappa shape index (κ2) is 7.47. The van der Waals surface area contributed by atoms with Gasteiger partial charge in [0.2, 0.25) is 11.2 Å². The maximum Gasteiger partial charge on any atom is 0.296 e. The Bertz CT molecular complexity index is 1090. The molecule has 8 nitrogen and oxygen atoms in total. The van der Waals surface area contributed by atoms with Gasteiger partial charge in [0.1, 0.15) is 10.7 Å². The quantitative estimate of drug-likeness (QED) is 0.436. The molecule has 1 aromatic heterocycles. The third-order valence-corrected chi connectivity index (χ3v) is 4.78. The normalized spacial score (nSPS) is 11.4. The minimum atomic E-state index is -4.39. The van der Waals surface area contributed by atoms with E-state index in [9.17, 15) is 8.42 Å². The molecule has 0 aliphatic rings. The third kappa shape index (κ3) is 4.91. The minimum Gasteiger partial charge on any atom is -0.398 e. The van der Waals surface area contributed by atoms with Gasteiger partial charge in [-0.05, 0) is 42.3 Å². The molecule has 3 aromatic rings. The molecule has 0 bridgehead atoms. The fraction of sp³-hybridized carbons (Fsp3) is 0.118. The molecule has 0 aliphatic carbocycles. The van der Waals surface area contributed by atoms with Crippen LogP contribution >= 0.6 is 11.6 Å². The summed E-state index contributed by atoms with van der Waals surface area (Å²) in [5, 5.41) is 2.92. The second-order valence-electron chi connectivity index (χ2n) is 5.86. The van der Waals surface area contributed by atoms with Crippen LogP contribution in [0.4, 0.5) is 17.3 Å². The maximum absolute atomic E-state index is 11.2. The number of aryl methyl sites for hydroxylation is 1. The van der Waals surface area contributed by atoms with Gasteiger partial charge < -0.3 is 11.1 Å². The molecule has 0 amide bonds. The lowest BCUT2D eigenvalue weighted by molar-refractivity contribution is 0.483. The summed E-state index contributed by atoms with van der Waals surface area (Å²) in [6, 6.07) is 11.9. The smallest absolute Gasteiger partial charge is 0.296 e. The van der Waals surface area contributed by atoms with Crippen molar-refractivity contribution in [3.8, 4) is 0 Å². The van der Waals surface area contributed by atoms with Crippen molar-refractivity contribution in [3.63, 3.8) is 0 Å². The Balaban J connectivity index is 1.84. The summed E-state index contributed by atoms with van der Waals surface area (Å²) in [6.07, 6.45) is 0.473. The summed E-state index contributed by atoms with van der Waals surface area (Å²) in [6.45, 7) is 2.00. The van der Waals surface area contributed by atoms with E-state index in [1.165, 1.54) is 18.2 Å². The van der Waals surface area contributed by atoms with Gasteiger partial charge in [0.25, 0.3) is 10.1 Å². The summed E-state index contributed by atoms with van der Waals surface area (Å²) in [4.78, 5) is 12.1. The summed E-state index contributed by atoms with van der Waals surface area (Å²) in [7, 11) is -4.39. The van der Waals surface area contributed by atoms with Gasteiger partial charge in [0.15, 0.2) is 0 Å². The number of nitrogen functional groups attached to an aromatic ring is 1. The lowest BCUT2D eigenvalue weighted by Gasteiger charge is -2.09. The van der Waals surface area contributed by atoms with Crippen molar-refractivity contribution in [2.75, 3.05) is 11.1 Å². The van der Waals surface area contributed by atoms with Crippen LogP contribution in [-0.2, 0) is 16.5 Å². The number of anilines is 3. The number of benzene rings is 2. The van der Waals surface area contributed by atoms with E-state index in [1.807, 2.05) is 31.2 Å². The highest BCUT2D eigenvalue weighted by Gasteiger charge is 2.14. The number of halogens is 1. The van der Waals surface area contributed by atoms with Crippen LogP contribution in [0, 0.1) is 6.92 Å². The predicted octanol–water partition coefficient (Wildman–Crippen LogP) is 3.00. The fourth-order valence-corrected chi connectivity index (χ4v) is 3.18. The molecule has 140 valence electrons. The van der Waals surface area contributed by atoms with Crippen LogP contribution in [0.5, 0.6) is 0 Å². The number of rotatable bonds is 5. The van der Waals surface area contributed by atoms with Crippen molar-refractivity contribution in [2.24, 2.45) is 0 Å². The van der Waals surface area contributed by atoms with Crippen molar-refractivity contribution in [2.45, 2.75) is 18.2 Å². The monoisotopic (exact) mass is 405 g/mol.